The molecule has 0 aromatic heterocycles. The van der Waals surface area contributed by atoms with Crippen LogP contribution in [0.1, 0.15) is 19.8 Å². The van der Waals surface area contributed by atoms with Gasteiger partial charge < -0.3 is 15.3 Å². The molecule has 1 fully saturated rings. The highest BCUT2D eigenvalue weighted by Crippen LogP contribution is 2.28. The third kappa shape index (κ3) is 2.08. The highest BCUT2D eigenvalue weighted by molar-refractivity contribution is 5.88. The number of nitrogens with one attached hydrogen (secondary N) is 1. The molecule has 84 valence electrons. The smallest absolute Gasteiger partial charge is 0.329 e. The molecular formula is C9H14N2O4. The Hall–Kier alpha value is -1.59. The zero-order valence-electron chi connectivity index (χ0n) is 8.52. The molecular weight excluding hydrogens is 200 g/mol. The van der Waals surface area contributed by atoms with Crippen molar-refractivity contribution in [3.05, 3.63) is 0 Å². The number of rotatable bonds is 4. The molecule has 15 heavy (non-hydrogen) atoms. The predicted molar refractivity (Wildman–Crippen MR) is 51.1 cm³/mol. The predicted octanol–water partition coefficient (Wildman–Crippen LogP) is -0.802. The van der Waals surface area contributed by atoms with E-state index in [0.29, 0.717) is 25.8 Å². The lowest BCUT2D eigenvalue weighted by molar-refractivity contribution is -0.155. The monoisotopic (exact) mass is 214 g/mol. The number of aliphatic carboxylic acids is 1. The average Bonchev–Trinajstić information content (AvgIpc) is 2.58. The first-order valence-corrected chi connectivity index (χ1v) is 4.73. The van der Waals surface area contributed by atoms with Crippen molar-refractivity contribution >= 4 is 18.3 Å². The molecule has 0 aliphatic carbocycles. The first-order chi connectivity index (χ1) is 7.02. The number of hydrogen-bond donors (Lipinski definition) is 2. The fourth-order valence-electron chi connectivity index (χ4n) is 1.81. The lowest BCUT2D eigenvalue weighted by atomic mass is 9.99. The summed E-state index contributed by atoms with van der Waals surface area (Å²) in [5, 5.41) is 11.3. The SMILES string of the molecule is C[C@@]1(C(=O)O)CCCN1C(=O)CNC=O. The van der Waals surface area contributed by atoms with Gasteiger partial charge in [-0.3, -0.25) is 9.59 Å². The molecule has 6 heteroatoms. The Morgan fingerprint density at radius 2 is 2.27 bits per heavy atom. The van der Waals surface area contributed by atoms with Gasteiger partial charge in [-0.05, 0) is 19.8 Å². The summed E-state index contributed by atoms with van der Waals surface area (Å²) < 4.78 is 0. The molecule has 0 spiro atoms. The molecule has 1 atom stereocenters. The number of likely N-dealkylation sites (tertiary alicyclic amines) is 1. The van der Waals surface area contributed by atoms with Crippen LogP contribution in [0.25, 0.3) is 0 Å². The van der Waals surface area contributed by atoms with Crippen LogP contribution in [-0.4, -0.2) is 46.9 Å². The fourth-order valence-corrected chi connectivity index (χ4v) is 1.81. The molecule has 0 bridgehead atoms. The zero-order chi connectivity index (χ0) is 11.5. The van der Waals surface area contributed by atoms with Gasteiger partial charge in [-0.2, -0.15) is 0 Å². The number of carbonyl (C=O) groups excluding carboxylic acids is 2. The molecule has 0 aromatic rings. The quantitative estimate of drug-likeness (QED) is 0.600. The summed E-state index contributed by atoms with van der Waals surface area (Å²) >= 11 is 0. The minimum atomic E-state index is -1.12. The Balaban J connectivity index is 2.72. The van der Waals surface area contributed by atoms with Gasteiger partial charge in [-0.1, -0.05) is 0 Å². The standard InChI is InChI=1S/C9H14N2O4/c1-9(8(14)15)3-2-4-11(9)7(13)5-10-6-12/h6H,2-5H2,1H3,(H,10,12)(H,14,15)/t9-/m0/s1. The first kappa shape index (κ1) is 11.5. The van der Waals surface area contributed by atoms with Gasteiger partial charge in [-0.25, -0.2) is 4.79 Å². The van der Waals surface area contributed by atoms with Crippen molar-refractivity contribution in [1.29, 1.82) is 0 Å². The number of carboxylic acid groups (broad SMARTS) is 1. The van der Waals surface area contributed by atoms with Crippen LogP contribution in [0.4, 0.5) is 0 Å². The third-order valence-electron chi connectivity index (χ3n) is 2.74. The van der Waals surface area contributed by atoms with Crippen LogP contribution < -0.4 is 5.32 Å². The largest absolute Gasteiger partial charge is 0.480 e. The van der Waals surface area contributed by atoms with Gasteiger partial charge in [0.15, 0.2) is 0 Å². The van der Waals surface area contributed by atoms with Gasteiger partial charge in [0.2, 0.25) is 12.3 Å². The molecule has 1 aliphatic heterocycles. The lowest BCUT2D eigenvalue weighted by Gasteiger charge is -2.31. The van der Waals surface area contributed by atoms with E-state index in [4.69, 9.17) is 5.11 Å². The molecule has 2 N–H and O–H groups in total. The van der Waals surface area contributed by atoms with Crippen molar-refractivity contribution < 1.29 is 19.5 Å². The van der Waals surface area contributed by atoms with Gasteiger partial charge >= 0.3 is 5.97 Å². The molecule has 1 heterocycles. The molecule has 0 aromatic carbocycles. The van der Waals surface area contributed by atoms with Gasteiger partial charge in [-0.15, -0.1) is 0 Å². The van der Waals surface area contributed by atoms with E-state index in [1.165, 1.54) is 11.8 Å². The maximum absolute atomic E-state index is 11.6. The maximum atomic E-state index is 11.6. The Morgan fingerprint density at radius 1 is 1.60 bits per heavy atom. The Bertz CT molecular complexity index is 292. The van der Waals surface area contributed by atoms with E-state index in [-0.39, 0.29) is 12.5 Å². The summed E-state index contributed by atoms with van der Waals surface area (Å²) in [7, 11) is 0. The Labute approximate surface area is 87.2 Å². The number of carboxylic acids is 1. The van der Waals surface area contributed by atoms with Crippen molar-refractivity contribution in [3.63, 3.8) is 0 Å². The van der Waals surface area contributed by atoms with E-state index < -0.39 is 11.5 Å². The molecule has 0 saturated carbocycles. The van der Waals surface area contributed by atoms with Crippen molar-refractivity contribution in [2.24, 2.45) is 0 Å². The summed E-state index contributed by atoms with van der Waals surface area (Å²) in [6.07, 6.45) is 1.55. The van der Waals surface area contributed by atoms with Gasteiger partial charge in [0, 0.05) is 6.54 Å². The summed E-state index contributed by atoms with van der Waals surface area (Å²) in [6.45, 7) is 1.82. The van der Waals surface area contributed by atoms with Crippen molar-refractivity contribution in [2.45, 2.75) is 25.3 Å². The highest BCUT2D eigenvalue weighted by atomic mass is 16.4. The Kier molecular flexibility index (Phi) is 3.28. The van der Waals surface area contributed by atoms with Crippen LogP contribution in [0, 0.1) is 0 Å². The van der Waals surface area contributed by atoms with E-state index in [9.17, 15) is 14.4 Å². The molecule has 1 aliphatic rings. The number of nitrogens with zero attached hydrogens (tertiary/aromatic N) is 1. The van der Waals surface area contributed by atoms with Gasteiger partial charge in [0.05, 0.1) is 6.54 Å². The lowest BCUT2D eigenvalue weighted by Crippen LogP contribution is -2.52. The highest BCUT2D eigenvalue weighted by Gasteiger charge is 2.45. The second-order valence-electron chi connectivity index (χ2n) is 3.73. The van der Waals surface area contributed by atoms with Crippen molar-refractivity contribution in [2.75, 3.05) is 13.1 Å². The van der Waals surface area contributed by atoms with E-state index >= 15 is 0 Å². The zero-order valence-corrected chi connectivity index (χ0v) is 8.52. The van der Waals surface area contributed by atoms with Crippen LogP contribution in [0.2, 0.25) is 0 Å². The summed E-state index contributed by atoms with van der Waals surface area (Å²) in [5.41, 5.74) is -1.12. The number of hydrogen-bond acceptors (Lipinski definition) is 3. The minimum Gasteiger partial charge on any atom is -0.480 e. The molecule has 0 unspecified atom stereocenters. The number of amides is 2. The molecule has 2 amide bonds. The van der Waals surface area contributed by atoms with Crippen LogP contribution in [0.15, 0.2) is 0 Å². The summed E-state index contributed by atoms with van der Waals surface area (Å²) in [4.78, 5) is 33.9. The van der Waals surface area contributed by atoms with Gasteiger partial charge in [0.25, 0.3) is 0 Å². The van der Waals surface area contributed by atoms with E-state index in [1.807, 2.05) is 0 Å². The van der Waals surface area contributed by atoms with E-state index in [0.717, 1.165) is 0 Å². The van der Waals surface area contributed by atoms with Crippen LogP contribution in [0.5, 0.6) is 0 Å². The summed E-state index contributed by atoms with van der Waals surface area (Å²) in [6, 6.07) is 0. The minimum absolute atomic E-state index is 0.146. The number of carbonyl (C=O) groups is 3. The molecule has 1 rings (SSSR count). The van der Waals surface area contributed by atoms with Crippen LogP contribution in [0.3, 0.4) is 0 Å². The average molecular weight is 214 g/mol. The van der Waals surface area contributed by atoms with E-state index in [1.54, 1.807) is 0 Å². The third-order valence-corrected chi connectivity index (χ3v) is 2.74. The molecule has 1 saturated heterocycles. The second kappa shape index (κ2) is 4.29. The van der Waals surface area contributed by atoms with E-state index in [2.05, 4.69) is 5.32 Å². The van der Waals surface area contributed by atoms with Crippen molar-refractivity contribution in [1.82, 2.24) is 10.2 Å². The molecule has 6 nitrogen and oxygen atoms in total. The van der Waals surface area contributed by atoms with Crippen LogP contribution >= 0.6 is 0 Å². The topological polar surface area (TPSA) is 86.7 Å². The normalized spacial score (nSPS) is 25.0. The summed E-state index contributed by atoms with van der Waals surface area (Å²) in [5.74, 6) is -1.36. The Morgan fingerprint density at radius 3 is 2.80 bits per heavy atom. The van der Waals surface area contributed by atoms with Crippen molar-refractivity contribution in [3.8, 4) is 0 Å². The van der Waals surface area contributed by atoms with Crippen LogP contribution in [-0.2, 0) is 14.4 Å². The molecule has 0 radical (unpaired) electrons. The maximum Gasteiger partial charge on any atom is 0.329 e. The first-order valence-electron chi connectivity index (χ1n) is 4.73. The second-order valence-corrected chi connectivity index (χ2v) is 3.73. The fraction of sp³-hybridized carbons (Fsp3) is 0.667. The van der Waals surface area contributed by atoms with Gasteiger partial charge in [0.1, 0.15) is 5.54 Å².